The number of rotatable bonds is 7. The van der Waals surface area contributed by atoms with Crippen LogP contribution in [0.3, 0.4) is 0 Å². The van der Waals surface area contributed by atoms with Crippen molar-refractivity contribution in [1.82, 2.24) is 24.8 Å². The van der Waals surface area contributed by atoms with Crippen LogP contribution in [0.2, 0.25) is 0 Å². The Morgan fingerprint density at radius 1 is 1.37 bits per heavy atom. The third-order valence-corrected chi connectivity index (χ3v) is 3.25. The number of aryl methyl sites for hydroxylation is 1. The van der Waals surface area contributed by atoms with E-state index in [9.17, 15) is 0 Å². The molecule has 0 aliphatic rings. The molecule has 1 atom stereocenters. The van der Waals surface area contributed by atoms with Gasteiger partial charge >= 0.3 is 0 Å². The van der Waals surface area contributed by atoms with E-state index in [1.54, 1.807) is 0 Å². The molecule has 1 unspecified atom stereocenters. The van der Waals surface area contributed by atoms with Gasteiger partial charge in [0.1, 0.15) is 0 Å². The van der Waals surface area contributed by atoms with Crippen LogP contribution in [0.15, 0.2) is 18.5 Å². The summed E-state index contributed by atoms with van der Waals surface area (Å²) in [6.07, 6.45) is 6.90. The Bertz CT molecular complexity index is 501. The third-order valence-electron chi connectivity index (χ3n) is 3.25. The van der Waals surface area contributed by atoms with Gasteiger partial charge < -0.3 is 5.73 Å². The second kappa shape index (κ2) is 6.47. The zero-order valence-corrected chi connectivity index (χ0v) is 11.7. The van der Waals surface area contributed by atoms with E-state index >= 15 is 0 Å². The maximum atomic E-state index is 5.48. The van der Waals surface area contributed by atoms with Gasteiger partial charge in [-0.1, -0.05) is 12.1 Å². The molecule has 2 N–H and O–H groups in total. The van der Waals surface area contributed by atoms with Crippen molar-refractivity contribution >= 4 is 0 Å². The molecule has 6 nitrogen and oxygen atoms in total. The smallest absolute Gasteiger partial charge is 0.0867 e. The molecule has 2 rings (SSSR count). The van der Waals surface area contributed by atoms with E-state index in [1.165, 1.54) is 0 Å². The van der Waals surface area contributed by atoms with Crippen molar-refractivity contribution in [2.75, 3.05) is 6.54 Å². The first-order valence-electron chi connectivity index (χ1n) is 6.86. The third kappa shape index (κ3) is 3.64. The normalized spacial score (nSPS) is 12.8. The van der Waals surface area contributed by atoms with Crippen LogP contribution in [0.1, 0.15) is 44.1 Å². The van der Waals surface area contributed by atoms with Crippen LogP contribution < -0.4 is 5.73 Å². The molecule has 0 spiro atoms. The van der Waals surface area contributed by atoms with Gasteiger partial charge in [0.15, 0.2) is 0 Å². The zero-order valence-electron chi connectivity index (χ0n) is 11.7. The standard InChI is InChI=1S/C13H22N6/c1-3-11(2)19-8-6-13(16-19)10-18-9-12(15-17-18)5-4-7-14/h6,8-9,11H,3-5,7,10,14H2,1-2H3. The molecule has 0 bridgehead atoms. The number of hydrogen-bond donors (Lipinski definition) is 1. The molecule has 0 saturated heterocycles. The summed E-state index contributed by atoms with van der Waals surface area (Å²) in [6, 6.07) is 2.47. The maximum Gasteiger partial charge on any atom is 0.0867 e. The molecule has 19 heavy (non-hydrogen) atoms. The first kappa shape index (κ1) is 13.7. The molecule has 0 radical (unpaired) electrons. The number of hydrogen-bond acceptors (Lipinski definition) is 4. The van der Waals surface area contributed by atoms with Crippen LogP contribution in [0.4, 0.5) is 0 Å². The molecular formula is C13H22N6. The lowest BCUT2D eigenvalue weighted by atomic mass is 10.2. The maximum absolute atomic E-state index is 5.48. The highest BCUT2D eigenvalue weighted by Crippen LogP contribution is 2.10. The zero-order chi connectivity index (χ0) is 13.7. The number of nitrogens with zero attached hydrogens (tertiary/aromatic N) is 5. The predicted octanol–water partition coefficient (Wildman–Crippen LogP) is 1.39. The van der Waals surface area contributed by atoms with E-state index in [-0.39, 0.29) is 0 Å². The molecule has 104 valence electrons. The lowest BCUT2D eigenvalue weighted by molar-refractivity contribution is 0.470. The molecule has 2 aromatic heterocycles. The topological polar surface area (TPSA) is 74.5 Å². The highest BCUT2D eigenvalue weighted by atomic mass is 15.4. The van der Waals surface area contributed by atoms with E-state index in [1.807, 2.05) is 27.8 Å². The molecule has 2 aromatic rings. The molecule has 2 heterocycles. The second-order valence-corrected chi connectivity index (χ2v) is 4.84. The Morgan fingerprint density at radius 3 is 2.95 bits per heavy atom. The minimum absolute atomic E-state index is 0.435. The Kier molecular flexibility index (Phi) is 4.68. The molecular weight excluding hydrogens is 240 g/mol. The van der Waals surface area contributed by atoms with Crippen LogP contribution in [-0.2, 0) is 13.0 Å². The molecule has 0 amide bonds. The van der Waals surface area contributed by atoms with Crippen LogP contribution >= 0.6 is 0 Å². The van der Waals surface area contributed by atoms with Crippen molar-refractivity contribution in [1.29, 1.82) is 0 Å². The van der Waals surface area contributed by atoms with Gasteiger partial charge in [-0.2, -0.15) is 5.10 Å². The van der Waals surface area contributed by atoms with Gasteiger partial charge in [0.25, 0.3) is 0 Å². The Balaban J connectivity index is 1.96. The summed E-state index contributed by atoms with van der Waals surface area (Å²) in [7, 11) is 0. The fourth-order valence-electron chi connectivity index (χ4n) is 1.87. The van der Waals surface area contributed by atoms with E-state index in [4.69, 9.17) is 5.73 Å². The lowest BCUT2D eigenvalue weighted by Crippen LogP contribution is -2.06. The summed E-state index contributed by atoms with van der Waals surface area (Å²) in [5.74, 6) is 0. The van der Waals surface area contributed by atoms with Crippen molar-refractivity contribution in [3.8, 4) is 0 Å². The fraction of sp³-hybridized carbons (Fsp3) is 0.615. The van der Waals surface area contributed by atoms with E-state index in [2.05, 4.69) is 29.3 Å². The van der Waals surface area contributed by atoms with Gasteiger partial charge in [0.05, 0.1) is 17.9 Å². The van der Waals surface area contributed by atoms with Crippen molar-refractivity contribution in [3.63, 3.8) is 0 Å². The molecule has 0 aromatic carbocycles. The minimum atomic E-state index is 0.435. The highest BCUT2D eigenvalue weighted by Gasteiger charge is 2.06. The molecule has 0 saturated carbocycles. The van der Waals surface area contributed by atoms with E-state index in [0.29, 0.717) is 19.1 Å². The number of aromatic nitrogens is 5. The summed E-state index contributed by atoms with van der Waals surface area (Å²) in [6.45, 7) is 5.68. The average Bonchev–Trinajstić information content (AvgIpc) is 3.05. The summed E-state index contributed by atoms with van der Waals surface area (Å²) >= 11 is 0. The quantitative estimate of drug-likeness (QED) is 0.818. The van der Waals surface area contributed by atoms with Crippen molar-refractivity contribution in [2.45, 2.75) is 45.7 Å². The van der Waals surface area contributed by atoms with Gasteiger partial charge in [-0.05, 0) is 38.8 Å². The van der Waals surface area contributed by atoms with Gasteiger partial charge in [0.2, 0.25) is 0 Å². The van der Waals surface area contributed by atoms with Gasteiger partial charge in [-0.25, -0.2) is 4.68 Å². The van der Waals surface area contributed by atoms with Crippen molar-refractivity contribution in [3.05, 3.63) is 29.8 Å². The van der Waals surface area contributed by atoms with E-state index in [0.717, 1.165) is 30.7 Å². The Labute approximate surface area is 113 Å². The molecule has 0 aliphatic heterocycles. The first-order valence-corrected chi connectivity index (χ1v) is 6.86. The SMILES string of the molecule is CCC(C)n1ccc(Cn2cc(CCCN)nn2)n1. The van der Waals surface area contributed by atoms with Crippen molar-refractivity contribution < 1.29 is 0 Å². The van der Waals surface area contributed by atoms with Crippen LogP contribution in [0.25, 0.3) is 0 Å². The van der Waals surface area contributed by atoms with E-state index < -0.39 is 0 Å². The van der Waals surface area contributed by atoms with Gasteiger partial charge in [0, 0.05) is 18.4 Å². The minimum Gasteiger partial charge on any atom is -0.330 e. The summed E-state index contributed by atoms with van der Waals surface area (Å²) in [5, 5.41) is 12.8. The monoisotopic (exact) mass is 262 g/mol. The van der Waals surface area contributed by atoms with Crippen LogP contribution in [0.5, 0.6) is 0 Å². The predicted molar refractivity (Wildman–Crippen MR) is 73.7 cm³/mol. The van der Waals surface area contributed by atoms with Crippen LogP contribution in [-0.4, -0.2) is 31.3 Å². The van der Waals surface area contributed by atoms with Crippen LogP contribution in [0, 0.1) is 0 Å². The Morgan fingerprint density at radius 2 is 2.21 bits per heavy atom. The average molecular weight is 262 g/mol. The summed E-state index contributed by atoms with van der Waals surface area (Å²) in [5.41, 5.74) is 7.49. The fourth-order valence-corrected chi connectivity index (χ4v) is 1.87. The molecule has 0 fully saturated rings. The summed E-state index contributed by atoms with van der Waals surface area (Å²) < 4.78 is 3.83. The first-order chi connectivity index (χ1) is 9.22. The Hall–Kier alpha value is -1.69. The second-order valence-electron chi connectivity index (χ2n) is 4.84. The largest absolute Gasteiger partial charge is 0.330 e. The molecule has 6 heteroatoms. The number of nitrogens with two attached hydrogens (primary N) is 1. The van der Waals surface area contributed by atoms with Crippen molar-refractivity contribution in [2.24, 2.45) is 5.73 Å². The lowest BCUT2D eigenvalue weighted by Gasteiger charge is -2.07. The molecule has 0 aliphatic carbocycles. The summed E-state index contributed by atoms with van der Waals surface area (Å²) in [4.78, 5) is 0. The van der Waals surface area contributed by atoms with Gasteiger partial charge in [-0.3, -0.25) is 4.68 Å². The highest BCUT2D eigenvalue weighted by molar-refractivity contribution is 5.01. The van der Waals surface area contributed by atoms with Gasteiger partial charge in [-0.15, -0.1) is 5.10 Å².